The molecule has 1 fully saturated rings. The van der Waals surface area contributed by atoms with E-state index in [1.165, 1.54) is 5.56 Å². The lowest BCUT2D eigenvalue weighted by molar-refractivity contribution is 0.159. The first-order valence-electron chi connectivity index (χ1n) is 7.61. The summed E-state index contributed by atoms with van der Waals surface area (Å²) >= 11 is 6.14. The number of nitrogens with two attached hydrogens (primary N) is 1. The summed E-state index contributed by atoms with van der Waals surface area (Å²) in [6.07, 6.45) is 3.93. The van der Waals surface area contributed by atoms with Gasteiger partial charge >= 0.3 is 0 Å². The van der Waals surface area contributed by atoms with Crippen molar-refractivity contribution in [1.82, 2.24) is 14.9 Å². The van der Waals surface area contributed by atoms with Crippen molar-refractivity contribution in [2.24, 2.45) is 0 Å². The van der Waals surface area contributed by atoms with Crippen LogP contribution in [-0.4, -0.2) is 28.0 Å². The molecule has 0 unspecified atom stereocenters. The zero-order valence-electron chi connectivity index (χ0n) is 12.8. The maximum absolute atomic E-state index is 6.14. The Morgan fingerprint density at radius 2 is 2.05 bits per heavy atom. The van der Waals surface area contributed by atoms with Gasteiger partial charge in [0.2, 0.25) is 0 Å². The molecule has 3 rings (SSSR count). The Hall–Kier alpha value is -1.65. The van der Waals surface area contributed by atoms with Gasteiger partial charge in [-0.1, -0.05) is 30.7 Å². The summed E-state index contributed by atoms with van der Waals surface area (Å²) < 4.78 is 0. The van der Waals surface area contributed by atoms with Crippen molar-refractivity contribution in [3.63, 3.8) is 0 Å². The van der Waals surface area contributed by atoms with Gasteiger partial charge in [-0.15, -0.1) is 0 Å². The van der Waals surface area contributed by atoms with Crippen molar-refractivity contribution in [3.05, 3.63) is 52.9 Å². The monoisotopic (exact) mass is 316 g/mol. The number of hydrogen-bond acceptors (Lipinski definition) is 4. The molecule has 5 heteroatoms. The van der Waals surface area contributed by atoms with Gasteiger partial charge < -0.3 is 5.73 Å². The van der Waals surface area contributed by atoms with E-state index in [4.69, 9.17) is 17.3 Å². The summed E-state index contributed by atoms with van der Waals surface area (Å²) in [5.41, 5.74) is 7.24. The Labute approximate surface area is 136 Å². The topological polar surface area (TPSA) is 55.0 Å². The average Bonchev–Trinajstić information content (AvgIpc) is 2.50. The van der Waals surface area contributed by atoms with E-state index in [1.54, 1.807) is 12.3 Å². The Morgan fingerprint density at radius 3 is 2.73 bits per heavy atom. The van der Waals surface area contributed by atoms with Crippen LogP contribution in [-0.2, 0) is 12.0 Å². The molecule has 0 saturated carbocycles. The van der Waals surface area contributed by atoms with Gasteiger partial charge in [-0.3, -0.25) is 4.90 Å². The second-order valence-corrected chi connectivity index (χ2v) is 6.68. The highest BCUT2D eigenvalue weighted by atomic mass is 35.5. The Bertz CT molecular complexity index is 651. The van der Waals surface area contributed by atoms with Gasteiger partial charge in [-0.05, 0) is 55.1 Å². The Morgan fingerprint density at radius 1 is 1.27 bits per heavy atom. The maximum Gasteiger partial charge on any atom is 0.144 e. The molecule has 116 valence electrons. The maximum atomic E-state index is 6.14. The van der Waals surface area contributed by atoms with E-state index in [-0.39, 0.29) is 5.41 Å². The van der Waals surface area contributed by atoms with E-state index in [0.717, 1.165) is 43.3 Å². The van der Waals surface area contributed by atoms with Crippen LogP contribution >= 0.6 is 11.6 Å². The van der Waals surface area contributed by atoms with Crippen molar-refractivity contribution in [3.8, 4) is 0 Å². The highest BCUT2D eigenvalue weighted by Crippen LogP contribution is 2.36. The van der Waals surface area contributed by atoms with E-state index in [1.807, 2.05) is 12.1 Å². The van der Waals surface area contributed by atoms with E-state index < -0.39 is 0 Å². The van der Waals surface area contributed by atoms with Crippen molar-refractivity contribution < 1.29 is 0 Å². The molecule has 1 saturated heterocycles. The number of piperidine rings is 1. The van der Waals surface area contributed by atoms with Crippen molar-refractivity contribution in [2.75, 3.05) is 18.8 Å². The first-order valence-corrected chi connectivity index (χ1v) is 7.99. The third-order valence-corrected chi connectivity index (χ3v) is 4.81. The normalized spacial score (nSPS) is 18.3. The number of rotatable bonds is 3. The van der Waals surface area contributed by atoms with Crippen LogP contribution in [0, 0.1) is 0 Å². The SMILES string of the molecule is CC1(c2cccc(Cl)c2)CCN(Cc2nccc(N)n2)CC1. The molecule has 0 atom stereocenters. The number of nitrogen functional groups attached to an aromatic ring is 1. The predicted molar refractivity (Wildman–Crippen MR) is 89.8 cm³/mol. The summed E-state index contributed by atoms with van der Waals surface area (Å²) in [7, 11) is 0. The number of anilines is 1. The zero-order chi connectivity index (χ0) is 15.6. The minimum absolute atomic E-state index is 0.192. The van der Waals surface area contributed by atoms with Gasteiger partial charge in [0.1, 0.15) is 11.6 Å². The van der Waals surface area contributed by atoms with Crippen molar-refractivity contribution >= 4 is 17.4 Å². The molecular formula is C17H21ClN4. The van der Waals surface area contributed by atoms with Crippen LogP contribution in [0.5, 0.6) is 0 Å². The summed E-state index contributed by atoms with van der Waals surface area (Å²) in [4.78, 5) is 11.0. The molecule has 0 aliphatic carbocycles. The summed E-state index contributed by atoms with van der Waals surface area (Å²) in [6.45, 7) is 5.14. The van der Waals surface area contributed by atoms with E-state index in [0.29, 0.717) is 5.82 Å². The van der Waals surface area contributed by atoms with Crippen LogP contribution in [0.4, 0.5) is 5.82 Å². The average molecular weight is 317 g/mol. The largest absolute Gasteiger partial charge is 0.384 e. The lowest BCUT2D eigenvalue weighted by Crippen LogP contribution is -2.40. The second-order valence-electron chi connectivity index (χ2n) is 6.24. The molecule has 0 radical (unpaired) electrons. The zero-order valence-corrected chi connectivity index (χ0v) is 13.6. The molecule has 0 bridgehead atoms. The Kier molecular flexibility index (Phi) is 4.32. The molecule has 1 aliphatic heterocycles. The number of halogens is 1. The molecule has 22 heavy (non-hydrogen) atoms. The van der Waals surface area contributed by atoms with Crippen LogP contribution in [0.25, 0.3) is 0 Å². The van der Waals surface area contributed by atoms with Gasteiger partial charge in [0.05, 0.1) is 6.54 Å². The number of hydrogen-bond donors (Lipinski definition) is 1. The molecule has 4 nitrogen and oxygen atoms in total. The minimum atomic E-state index is 0.192. The minimum Gasteiger partial charge on any atom is -0.384 e. The van der Waals surface area contributed by atoms with Crippen LogP contribution < -0.4 is 5.73 Å². The summed E-state index contributed by atoms with van der Waals surface area (Å²) in [5, 5.41) is 0.814. The first kappa shape index (κ1) is 15.3. The van der Waals surface area contributed by atoms with Gasteiger partial charge in [-0.25, -0.2) is 9.97 Å². The van der Waals surface area contributed by atoms with Gasteiger partial charge in [-0.2, -0.15) is 0 Å². The molecular weight excluding hydrogens is 296 g/mol. The fourth-order valence-electron chi connectivity index (χ4n) is 3.05. The van der Waals surface area contributed by atoms with Crippen LogP contribution in [0.1, 0.15) is 31.2 Å². The van der Waals surface area contributed by atoms with E-state index in [2.05, 4.69) is 33.9 Å². The smallest absolute Gasteiger partial charge is 0.144 e. The lowest BCUT2D eigenvalue weighted by Gasteiger charge is -2.39. The van der Waals surface area contributed by atoms with Crippen molar-refractivity contribution in [2.45, 2.75) is 31.7 Å². The lowest BCUT2D eigenvalue weighted by atomic mass is 9.74. The molecule has 2 N–H and O–H groups in total. The third kappa shape index (κ3) is 3.39. The van der Waals surface area contributed by atoms with Crippen LogP contribution in [0.3, 0.4) is 0 Å². The predicted octanol–water partition coefficient (Wildman–Crippen LogP) is 3.27. The summed E-state index contributed by atoms with van der Waals surface area (Å²) in [5.74, 6) is 1.33. The van der Waals surface area contributed by atoms with Gasteiger partial charge in [0.25, 0.3) is 0 Å². The molecule has 0 amide bonds. The standard InChI is InChI=1S/C17H21ClN4/c1-17(13-3-2-4-14(18)11-13)6-9-22(10-7-17)12-16-20-8-5-15(19)21-16/h2-5,8,11H,6-7,9-10,12H2,1H3,(H2,19,20,21). The molecule has 2 aromatic rings. The molecule has 1 aromatic heterocycles. The Balaban J connectivity index is 1.64. The number of aromatic nitrogens is 2. The highest BCUT2D eigenvalue weighted by molar-refractivity contribution is 6.30. The van der Waals surface area contributed by atoms with Gasteiger partial charge in [0.15, 0.2) is 0 Å². The van der Waals surface area contributed by atoms with Crippen LogP contribution in [0.2, 0.25) is 5.02 Å². The highest BCUT2D eigenvalue weighted by Gasteiger charge is 2.31. The summed E-state index contributed by atoms with van der Waals surface area (Å²) in [6, 6.07) is 9.97. The number of likely N-dealkylation sites (tertiary alicyclic amines) is 1. The quantitative estimate of drug-likeness (QED) is 0.944. The van der Waals surface area contributed by atoms with Crippen molar-refractivity contribution in [1.29, 1.82) is 0 Å². The first-order chi connectivity index (χ1) is 10.5. The second kappa shape index (κ2) is 6.23. The van der Waals surface area contributed by atoms with Gasteiger partial charge in [0, 0.05) is 11.2 Å². The molecule has 2 heterocycles. The molecule has 1 aromatic carbocycles. The fourth-order valence-corrected chi connectivity index (χ4v) is 3.24. The number of nitrogens with zero attached hydrogens (tertiary/aromatic N) is 3. The number of benzene rings is 1. The fraction of sp³-hybridized carbons (Fsp3) is 0.412. The van der Waals surface area contributed by atoms with E-state index >= 15 is 0 Å². The molecule has 0 spiro atoms. The molecule has 1 aliphatic rings. The van der Waals surface area contributed by atoms with Crippen LogP contribution in [0.15, 0.2) is 36.5 Å². The van der Waals surface area contributed by atoms with E-state index in [9.17, 15) is 0 Å². The third-order valence-electron chi connectivity index (χ3n) is 4.57.